The molecule has 0 aromatic carbocycles. The molecule has 0 bridgehead atoms. The first kappa shape index (κ1) is 23.9. The molecule has 1 N–H and O–H groups in total. The maximum atomic E-state index is 11.8. The van der Waals surface area contributed by atoms with Crippen LogP contribution < -0.4 is 11.2 Å². The molecule has 0 aliphatic rings. The molecule has 1 unspecified atom stereocenters. The average Bonchev–Trinajstić information content (AvgIpc) is 2.58. The van der Waals surface area contributed by atoms with Crippen LogP contribution in [0.25, 0.3) is 0 Å². The summed E-state index contributed by atoms with van der Waals surface area (Å²) in [7, 11) is 1.91. The molecule has 0 radical (unpaired) electrons. The minimum atomic E-state index is -1.30. The summed E-state index contributed by atoms with van der Waals surface area (Å²) in [4.78, 5) is 25.1. The molecule has 3 atom stereocenters. The van der Waals surface area contributed by atoms with Crippen LogP contribution in [-0.2, 0) is 25.3 Å². The van der Waals surface area contributed by atoms with Crippen molar-refractivity contribution in [1.29, 1.82) is 0 Å². The SMILES string of the molecule is COC[C@@H](OP(OC)N(C(C)C)C(C)C)[C@@H](C)OCn1ccc(=O)[nH]c1=O. The highest BCUT2D eigenvalue weighted by Gasteiger charge is 2.31. The smallest absolute Gasteiger partial charge is 0.330 e. The van der Waals surface area contributed by atoms with E-state index in [9.17, 15) is 9.59 Å². The Morgan fingerprint density at radius 1 is 1.15 bits per heavy atom. The van der Waals surface area contributed by atoms with E-state index in [0.717, 1.165) is 0 Å². The first-order chi connectivity index (χ1) is 12.7. The van der Waals surface area contributed by atoms with Crippen molar-refractivity contribution in [3.8, 4) is 0 Å². The van der Waals surface area contributed by atoms with Crippen LogP contribution in [0.15, 0.2) is 21.9 Å². The summed E-state index contributed by atoms with van der Waals surface area (Å²) in [5, 5.41) is 0. The normalized spacial score (nSPS) is 15.5. The van der Waals surface area contributed by atoms with Gasteiger partial charge in [-0.15, -0.1) is 0 Å². The third-order valence-electron chi connectivity index (χ3n) is 3.86. The first-order valence-corrected chi connectivity index (χ1v) is 10.0. The second kappa shape index (κ2) is 11.7. The lowest BCUT2D eigenvalue weighted by atomic mass is 10.2. The fourth-order valence-electron chi connectivity index (χ4n) is 2.55. The monoisotopic (exact) mass is 405 g/mol. The standard InChI is InChI=1S/C17H32N3O6P/c1-12(2)20(13(3)4)27(24-7)26-15(10-23-6)14(5)25-11-19-9-8-16(21)18-17(19)22/h8-9,12-15H,10-11H2,1-7H3,(H,18,21,22)/t14-,15-,27?/m1/s1. The highest BCUT2D eigenvalue weighted by molar-refractivity contribution is 7.44. The molecule has 1 aromatic rings. The van der Waals surface area contributed by atoms with Crippen molar-refractivity contribution in [2.75, 3.05) is 20.8 Å². The summed E-state index contributed by atoms with van der Waals surface area (Å²) in [6.45, 7) is 10.5. The Bertz CT molecular complexity index is 655. The van der Waals surface area contributed by atoms with E-state index in [1.165, 1.54) is 16.8 Å². The van der Waals surface area contributed by atoms with Crippen molar-refractivity contribution in [3.05, 3.63) is 33.1 Å². The van der Waals surface area contributed by atoms with Gasteiger partial charge in [-0.05, 0) is 34.6 Å². The quantitative estimate of drug-likeness (QED) is 0.531. The van der Waals surface area contributed by atoms with Gasteiger partial charge in [-0.3, -0.25) is 14.3 Å². The zero-order chi connectivity index (χ0) is 20.6. The zero-order valence-electron chi connectivity index (χ0n) is 17.2. The molecule has 0 aliphatic heterocycles. The van der Waals surface area contributed by atoms with E-state index < -0.39 is 19.8 Å². The number of nitrogens with one attached hydrogen (secondary N) is 1. The van der Waals surface area contributed by atoms with Crippen LogP contribution >= 0.6 is 8.53 Å². The molecule has 0 spiro atoms. The Hall–Kier alpha value is -1.09. The molecular weight excluding hydrogens is 373 g/mol. The highest BCUT2D eigenvalue weighted by atomic mass is 31.2. The molecule has 0 aliphatic carbocycles. The number of nitrogens with zero attached hydrogens (tertiary/aromatic N) is 2. The van der Waals surface area contributed by atoms with Gasteiger partial charge in [-0.2, -0.15) is 0 Å². The van der Waals surface area contributed by atoms with Gasteiger partial charge < -0.3 is 18.5 Å². The Balaban J connectivity index is 2.82. The van der Waals surface area contributed by atoms with E-state index in [-0.39, 0.29) is 31.0 Å². The Labute approximate surface area is 161 Å². The van der Waals surface area contributed by atoms with Gasteiger partial charge in [0.1, 0.15) is 12.8 Å². The number of aromatic nitrogens is 2. The molecule has 27 heavy (non-hydrogen) atoms. The Morgan fingerprint density at radius 2 is 1.78 bits per heavy atom. The molecular formula is C17H32N3O6P. The van der Waals surface area contributed by atoms with E-state index in [1.807, 2.05) is 6.92 Å². The maximum absolute atomic E-state index is 11.8. The van der Waals surface area contributed by atoms with Gasteiger partial charge in [-0.25, -0.2) is 9.46 Å². The van der Waals surface area contributed by atoms with Crippen molar-refractivity contribution in [2.24, 2.45) is 0 Å². The molecule has 0 saturated carbocycles. The fourth-order valence-corrected chi connectivity index (χ4v) is 4.15. The fraction of sp³-hybridized carbons (Fsp3) is 0.765. The lowest BCUT2D eigenvalue weighted by Gasteiger charge is -2.37. The van der Waals surface area contributed by atoms with Gasteiger partial charge in [0.05, 0.1) is 12.7 Å². The second-order valence-electron chi connectivity index (χ2n) is 6.67. The number of methoxy groups -OCH3 is 1. The molecule has 0 amide bonds. The van der Waals surface area contributed by atoms with Gasteiger partial charge >= 0.3 is 5.69 Å². The predicted octanol–water partition coefficient (Wildman–Crippen LogP) is 1.92. The molecule has 10 heteroatoms. The molecule has 1 aromatic heterocycles. The number of ether oxygens (including phenoxy) is 2. The van der Waals surface area contributed by atoms with Crippen molar-refractivity contribution in [3.63, 3.8) is 0 Å². The molecule has 1 heterocycles. The molecule has 0 saturated heterocycles. The Morgan fingerprint density at radius 3 is 2.26 bits per heavy atom. The van der Waals surface area contributed by atoms with Crippen LogP contribution in [0.2, 0.25) is 0 Å². The van der Waals surface area contributed by atoms with Crippen LogP contribution in [0.4, 0.5) is 0 Å². The minimum Gasteiger partial charge on any atom is -0.382 e. The van der Waals surface area contributed by atoms with E-state index in [1.54, 1.807) is 14.2 Å². The van der Waals surface area contributed by atoms with E-state index >= 15 is 0 Å². The number of hydrogen-bond donors (Lipinski definition) is 1. The zero-order valence-corrected chi connectivity index (χ0v) is 18.1. The largest absolute Gasteiger partial charge is 0.382 e. The molecule has 1 rings (SSSR count). The summed E-state index contributed by atoms with van der Waals surface area (Å²) in [6.07, 6.45) is 0.631. The lowest BCUT2D eigenvalue weighted by molar-refractivity contribution is -0.0716. The number of hydrogen-bond acceptors (Lipinski definition) is 7. The summed E-state index contributed by atoms with van der Waals surface area (Å²) in [5.41, 5.74) is -0.970. The van der Waals surface area contributed by atoms with Crippen molar-refractivity contribution < 1.29 is 18.5 Å². The van der Waals surface area contributed by atoms with Crippen LogP contribution in [-0.4, -0.2) is 59.3 Å². The van der Waals surface area contributed by atoms with Gasteiger partial charge in [-0.1, -0.05) is 0 Å². The minimum absolute atomic E-state index is 0.0106. The van der Waals surface area contributed by atoms with Crippen LogP contribution in [0.5, 0.6) is 0 Å². The summed E-state index contributed by atoms with van der Waals surface area (Å²) < 4.78 is 26.3. The van der Waals surface area contributed by atoms with Crippen molar-refractivity contribution >= 4 is 8.53 Å². The van der Waals surface area contributed by atoms with Crippen LogP contribution in [0.3, 0.4) is 0 Å². The lowest BCUT2D eigenvalue weighted by Crippen LogP contribution is -2.39. The third kappa shape index (κ3) is 7.44. The predicted molar refractivity (Wildman–Crippen MR) is 105 cm³/mol. The van der Waals surface area contributed by atoms with Crippen LogP contribution in [0, 0.1) is 0 Å². The summed E-state index contributed by atoms with van der Waals surface area (Å²) in [6, 6.07) is 1.76. The summed E-state index contributed by atoms with van der Waals surface area (Å²) >= 11 is 0. The molecule has 9 nitrogen and oxygen atoms in total. The van der Waals surface area contributed by atoms with Gasteiger partial charge in [0.15, 0.2) is 0 Å². The third-order valence-corrected chi connectivity index (χ3v) is 5.92. The van der Waals surface area contributed by atoms with Crippen LogP contribution in [0.1, 0.15) is 34.6 Å². The van der Waals surface area contributed by atoms with Gasteiger partial charge in [0, 0.05) is 38.6 Å². The van der Waals surface area contributed by atoms with Gasteiger partial charge in [0.2, 0.25) is 0 Å². The van der Waals surface area contributed by atoms with Gasteiger partial charge in [0.25, 0.3) is 14.1 Å². The first-order valence-electron chi connectivity index (χ1n) is 8.90. The maximum Gasteiger partial charge on any atom is 0.330 e. The van der Waals surface area contributed by atoms with Crippen molar-refractivity contribution in [1.82, 2.24) is 14.2 Å². The summed E-state index contributed by atoms with van der Waals surface area (Å²) in [5.74, 6) is 0. The molecule has 156 valence electrons. The number of aromatic amines is 1. The molecule has 0 fully saturated rings. The van der Waals surface area contributed by atoms with E-state index in [4.69, 9.17) is 18.5 Å². The average molecular weight is 405 g/mol. The van der Waals surface area contributed by atoms with E-state index in [2.05, 4.69) is 37.3 Å². The van der Waals surface area contributed by atoms with Crippen molar-refractivity contribution in [2.45, 2.75) is 65.6 Å². The number of H-pyrrole nitrogens is 1. The highest BCUT2D eigenvalue weighted by Crippen LogP contribution is 2.46. The number of rotatable bonds is 12. The Kier molecular flexibility index (Phi) is 10.4. The topological polar surface area (TPSA) is 95.0 Å². The second-order valence-corrected chi connectivity index (χ2v) is 8.18. The van der Waals surface area contributed by atoms with E-state index in [0.29, 0.717) is 6.61 Å².